The molecule has 164 valence electrons. The zero-order valence-corrected chi connectivity index (χ0v) is 18.8. The Morgan fingerprint density at radius 2 is 1.88 bits per heavy atom. The molecule has 5 rings (SSSR count). The summed E-state index contributed by atoms with van der Waals surface area (Å²) < 4.78 is 1.70. The molecule has 3 atom stereocenters. The number of fused-ring (bicyclic) bond motifs is 2. The van der Waals surface area contributed by atoms with Crippen LogP contribution in [0.25, 0.3) is 16.9 Å². The number of aromatic hydroxyl groups is 1. The van der Waals surface area contributed by atoms with E-state index in [1.54, 1.807) is 23.2 Å². The van der Waals surface area contributed by atoms with Gasteiger partial charge in [0.2, 0.25) is 0 Å². The number of aromatic nitrogens is 4. The minimum Gasteiger partial charge on any atom is -0.507 e. The molecule has 1 N–H and O–H groups in total. The summed E-state index contributed by atoms with van der Waals surface area (Å²) in [6.07, 6.45) is 9.56. The molecule has 2 bridgehead atoms. The Morgan fingerprint density at radius 3 is 2.47 bits per heavy atom. The molecule has 0 aliphatic heterocycles. The molecule has 2 aliphatic rings. The van der Waals surface area contributed by atoms with Crippen molar-refractivity contribution in [3.63, 3.8) is 0 Å². The quantitative estimate of drug-likeness (QED) is 0.648. The number of nitrogens with zero attached hydrogens (tertiary/aromatic N) is 6. The second-order valence-electron chi connectivity index (χ2n) is 10.2. The first kappa shape index (κ1) is 20.5. The molecule has 1 aromatic carbocycles. The lowest BCUT2D eigenvalue weighted by atomic mass is 9.68. The number of imidazole rings is 1. The summed E-state index contributed by atoms with van der Waals surface area (Å²) in [4.78, 5) is 6.29. The average Bonchev–Trinajstić information content (AvgIpc) is 3.34. The molecule has 2 fully saturated rings. The number of hydrogen-bond acceptors (Lipinski definition) is 6. The molecular formula is C25H28N6O. The molecule has 2 heterocycles. The van der Waals surface area contributed by atoms with Crippen molar-refractivity contribution < 1.29 is 5.11 Å². The summed E-state index contributed by atoms with van der Waals surface area (Å²) in [6, 6.07) is 11.7. The maximum Gasteiger partial charge on any atom is 0.158 e. The summed E-state index contributed by atoms with van der Waals surface area (Å²) in [7, 11) is 2.12. The van der Waals surface area contributed by atoms with Gasteiger partial charge in [0.05, 0.1) is 11.4 Å². The van der Waals surface area contributed by atoms with E-state index in [-0.39, 0.29) is 5.75 Å². The molecule has 2 saturated carbocycles. The van der Waals surface area contributed by atoms with Crippen LogP contribution in [-0.4, -0.2) is 37.9 Å². The smallest absolute Gasteiger partial charge is 0.158 e. The highest BCUT2D eigenvalue weighted by Gasteiger charge is 2.49. The van der Waals surface area contributed by atoms with Gasteiger partial charge < -0.3 is 14.6 Å². The second kappa shape index (κ2) is 7.33. The van der Waals surface area contributed by atoms with Gasteiger partial charge in [0.15, 0.2) is 11.5 Å². The topological polar surface area (TPSA) is 90.9 Å². The van der Waals surface area contributed by atoms with Crippen LogP contribution in [0.15, 0.2) is 42.9 Å². The second-order valence-corrected chi connectivity index (χ2v) is 10.2. The van der Waals surface area contributed by atoms with Crippen molar-refractivity contribution in [2.45, 2.75) is 52.0 Å². The van der Waals surface area contributed by atoms with E-state index in [0.29, 0.717) is 33.8 Å². The third-order valence-corrected chi connectivity index (χ3v) is 7.45. The van der Waals surface area contributed by atoms with Crippen molar-refractivity contribution in [2.75, 3.05) is 11.9 Å². The van der Waals surface area contributed by atoms with Gasteiger partial charge in [-0.25, -0.2) is 4.98 Å². The average molecular weight is 429 g/mol. The standard InChI is InChI=1S/C25H28N6O/c1-24-8-9-25(2,15-24)12-19(11-24)30(3)23-7-6-21(28-29-23)20-5-4-18(10-22(20)32)31-14-17(13-26)27-16-31/h4-7,10,14,16,19,32H,8-9,11-12,15H2,1-3H3/t19?,24-,25+. The number of benzene rings is 1. The molecule has 0 saturated heterocycles. The molecule has 1 unspecified atom stereocenters. The van der Waals surface area contributed by atoms with Crippen LogP contribution in [0.2, 0.25) is 0 Å². The van der Waals surface area contributed by atoms with E-state index < -0.39 is 0 Å². The van der Waals surface area contributed by atoms with Gasteiger partial charge in [0.25, 0.3) is 0 Å². The zero-order chi connectivity index (χ0) is 22.5. The van der Waals surface area contributed by atoms with Crippen molar-refractivity contribution >= 4 is 5.82 Å². The van der Waals surface area contributed by atoms with Crippen LogP contribution in [0, 0.1) is 22.2 Å². The van der Waals surface area contributed by atoms with E-state index in [1.165, 1.54) is 32.1 Å². The highest BCUT2D eigenvalue weighted by atomic mass is 16.3. The van der Waals surface area contributed by atoms with E-state index in [9.17, 15) is 5.11 Å². The Hall–Kier alpha value is -3.40. The molecule has 32 heavy (non-hydrogen) atoms. The Balaban J connectivity index is 1.35. The largest absolute Gasteiger partial charge is 0.507 e. The van der Waals surface area contributed by atoms with Crippen LogP contribution in [0.1, 0.15) is 51.6 Å². The summed E-state index contributed by atoms with van der Waals surface area (Å²) in [5.74, 6) is 0.973. The Labute approximate surface area is 188 Å². The van der Waals surface area contributed by atoms with Gasteiger partial charge in [-0.15, -0.1) is 10.2 Å². The van der Waals surface area contributed by atoms with E-state index >= 15 is 0 Å². The van der Waals surface area contributed by atoms with Gasteiger partial charge in [0, 0.05) is 30.9 Å². The van der Waals surface area contributed by atoms with E-state index in [2.05, 4.69) is 41.0 Å². The van der Waals surface area contributed by atoms with Crippen molar-refractivity contribution in [3.05, 3.63) is 48.5 Å². The van der Waals surface area contributed by atoms with Gasteiger partial charge in [-0.05, 0) is 67.2 Å². The number of hydrogen-bond donors (Lipinski definition) is 1. The van der Waals surface area contributed by atoms with Gasteiger partial charge in [-0.1, -0.05) is 13.8 Å². The van der Waals surface area contributed by atoms with E-state index in [0.717, 1.165) is 11.5 Å². The Morgan fingerprint density at radius 1 is 1.12 bits per heavy atom. The normalized spacial score (nSPS) is 26.6. The van der Waals surface area contributed by atoms with E-state index in [4.69, 9.17) is 5.26 Å². The SMILES string of the molecule is CN(c1ccc(-c2ccc(-n3cnc(C#N)c3)cc2O)nn1)C1C[C@]2(C)CC[C@](C)(C1)C2. The fraction of sp³-hybridized carbons (Fsp3) is 0.440. The van der Waals surface area contributed by atoms with Crippen LogP contribution in [-0.2, 0) is 0 Å². The van der Waals surface area contributed by atoms with E-state index in [1.807, 2.05) is 30.3 Å². The minimum absolute atomic E-state index is 0.106. The van der Waals surface area contributed by atoms with Crippen LogP contribution < -0.4 is 4.90 Å². The fourth-order valence-electron chi connectivity index (χ4n) is 5.91. The molecule has 2 aromatic heterocycles. The number of rotatable bonds is 4. The molecule has 2 aliphatic carbocycles. The maximum absolute atomic E-state index is 10.6. The Kier molecular flexibility index (Phi) is 4.70. The number of anilines is 1. The van der Waals surface area contributed by atoms with Gasteiger partial charge in [-0.2, -0.15) is 5.26 Å². The van der Waals surface area contributed by atoms with Gasteiger partial charge in [0.1, 0.15) is 18.1 Å². The summed E-state index contributed by atoms with van der Waals surface area (Å²) in [5.41, 5.74) is 3.17. The lowest BCUT2D eigenvalue weighted by Crippen LogP contribution is -2.42. The van der Waals surface area contributed by atoms with Crippen molar-refractivity contribution in [2.24, 2.45) is 10.8 Å². The fourth-order valence-corrected chi connectivity index (χ4v) is 5.91. The predicted octanol–water partition coefficient (Wildman–Crippen LogP) is 4.70. The molecular weight excluding hydrogens is 400 g/mol. The van der Waals surface area contributed by atoms with Crippen molar-refractivity contribution in [1.82, 2.24) is 19.7 Å². The van der Waals surface area contributed by atoms with Crippen LogP contribution in [0.5, 0.6) is 5.75 Å². The highest BCUT2D eigenvalue weighted by Crippen LogP contribution is 2.58. The first-order valence-electron chi connectivity index (χ1n) is 11.1. The number of phenols is 1. The molecule has 0 radical (unpaired) electrons. The maximum atomic E-state index is 10.6. The lowest BCUT2D eigenvalue weighted by Gasteiger charge is -2.44. The number of nitriles is 1. The lowest BCUT2D eigenvalue weighted by molar-refractivity contribution is 0.148. The first-order chi connectivity index (χ1) is 15.3. The third-order valence-electron chi connectivity index (χ3n) is 7.45. The van der Waals surface area contributed by atoms with Gasteiger partial charge in [-0.3, -0.25) is 0 Å². The molecule has 0 spiro atoms. The van der Waals surface area contributed by atoms with Crippen LogP contribution in [0.4, 0.5) is 5.82 Å². The molecule has 7 heteroatoms. The highest BCUT2D eigenvalue weighted by molar-refractivity contribution is 5.69. The third kappa shape index (κ3) is 3.60. The predicted molar refractivity (Wildman–Crippen MR) is 122 cm³/mol. The summed E-state index contributed by atoms with van der Waals surface area (Å²) in [6.45, 7) is 4.87. The van der Waals surface area contributed by atoms with Gasteiger partial charge >= 0.3 is 0 Å². The van der Waals surface area contributed by atoms with Crippen molar-refractivity contribution in [3.8, 4) is 28.8 Å². The minimum atomic E-state index is 0.106. The first-order valence-corrected chi connectivity index (χ1v) is 11.1. The molecule has 0 amide bonds. The summed E-state index contributed by atoms with van der Waals surface area (Å²) in [5, 5.41) is 28.5. The van der Waals surface area contributed by atoms with Crippen LogP contribution >= 0.6 is 0 Å². The zero-order valence-electron chi connectivity index (χ0n) is 18.8. The molecule has 7 nitrogen and oxygen atoms in total. The van der Waals surface area contributed by atoms with Crippen LogP contribution in [0.3, 0.4) is 0 Å². The Bertz CT molecular complexity index is 1180. The summed E-state index contributed by atoms with van der Waals surface area (Å²) >= 11 is 0. The molecule has 3 aromatic rings. The van der Waals surface area contributed by atoms with Crippen molar-refractivity contribution in [1.29, 1.82) is 5.26 Å². The number of phenolic OH excluding ortho intramolecular Hbond substituents is 1. The monoisotopic (exact) mass is 428 g/mol.